The van der Waals surface area contributed by atoms with Crippen LogP contribution in [0.5, 0.6) is 0 Å². The van der Waals surface area contributed by atoms with Crippen molar-refractivity contribution in [2.45, 2.75) is 32.6 Å². The van der Waals surface area contributed by atoms with Crippen LogP contribution in [0, 0.1) is 0 Å². The van der Waals surface area contributed by atoms with E-state index in [4.69, 9.17) is 4.52 Å². The van der Waals surface area contributed by atoms with Crippen molar-refractivity contribution in [2.75, 3.05) is 5.32 Å². The zero-order valence-electron chi connectivity index (χ0n) is 10.0. The molecule has 0 spiro atoms. The van der Waals surface area contributed by atoms with E-state index in [0.717, 1.165) is 17.8 Å². The lowest BCUT2D eigenvalue weighted by Gasteiger charge is -1.95. The molecule has 2 aromatic rings. The van der Waals surface area contributed by atoms with Gasteiger partial charge >= 0.3 is 0 Å². The van der Waals surface area contributed by atoms with Gasteiger partial charge in [-0.1, -0.05) is 36.3 Å². The molecule has 0 fully saturated rings. The Labute approximate surface area is 108 Å². The molecule has 0 aliphatic heterocycles. The number of anilines is 1. The first-order chi connectivity index (χ1) is 8.79. The number of nitrogens with one attached hydrogen (secondary N) is 1. The standard InChI is InChI=1S/C11H14N4O2S/c1-2-3-4-5-9-14-15-11(18-9)13-10(16)8-6-7-12-17-8/h6-7H,2-5H2,1H3,(H,13,15,16). The molecule has 7 heteroatoms. The highest BCUT2D eigenvalue weighted by molar-refractivity contribution is 7.15. The number of aromatic nitrogens is 3. The van der Waals surface area contributed by atoms with Gasteiger partial charge in [-0.15, -0.1) is 10.2 Å². The molecule has 0 atom stereocenters. The van der Waals surface area contributed by atoms with Gasteiger partial charge in [0.25, 0.3) is 5.91 Å². The maximum Gasteiger partial charge on any atom is 0.296 e. The Bertz CT molecular complexity index is 495. The zero-order chi connectivity index (χ0) is 12.8. The fourth-order valence-corrected chi connectivity index (χ4v) is 2.20. The maximum absolute atomic E-state index is 11.6. The van der Waals surface area contributed by atoms with E-state index < -0.39 is 0 Å². The van der Waals surface area contributed by atoms with Gasteiger partial charge in [-0.2, -0.15) is 0 Å². The summed E-state index contributed by atoms with van der Waals surface area (Å²) in [6, 6.07) is 1.50. The largest absolute Gasteiger partial charge is 0.351 e. The minimum absolute atomic E-state index is 0.165. The van der Waals surface area contributed by atoms with Crippen LogP contribution < -0.4 is 5.32 Å². The number of hydrogen-bond donors (Lipinski definition) is 1. The average molecular weight is 266 g/mol. The molecule has 0 aliphatic rings. The van der Waals surface area contributed by atoms with Crippen LogP contribution in [0.15, 0.2) is 16.8 Å². The summed E-state index contributed by atoms with van der Waals surface area (Å²) in [4.78, 5) is 11.6. The Balaban J connectivity index is 1.88. The molecule has 96 valence electrons. The number of carbonyl (C=O) groups excluding carboxylic acids is 1. The van der Waals surface area contributed by atoms with Crippen LogP contribution in [0.2, 0.25) is 0 Å². The molecule has 0 bridgehead atoms. The summed E-state index contributed by atoms with van der Waals surface area (Å²) in [6.07, 6.45) is 5.78. The smallest absolute Gasteiger partial charge is 0.296 e. The normalized spacial score (nSPS) is 10.5. The molecule has 2 rings (SSSR count). The van der Waals surface area contributed by atoms with Gasteiger partial charge in [0.05, 0.1) is 6.20 Å². The van der Waals surface area contributed by atoms with E-state index in [1.807, 2.05) is 0 Å². The highest BCUT2D eigenvalue weighted by atomic mass is 32.1. The van der Waals surface area contributed by atoms with E-state index in [2.05, 4.69) is 27.6 Å². The van der Waals surface area contributed by atoms with Crippen molar-refractivity contribution < 1.29 is 9.32 Å². The fourth-order valence-electron chi connectivity index (χ4n) is 1.42. The Hall–Kier alpha value is -1.76. The molecule has 6 nitrogen and oxygen atoms in total. The second kappa shape index (κ2) is 6.25. The summed E-state index contributed by atoms with van der Waals surface area (Å²) >= 11 is 1.39. The fraction of sp³-hybridized carbons (Fsp3) is 0.455. The van der Waals surface area contributed by atoms with Gasteiger partial charge in [0, 0.05) is 12.5 Å². The van der Waals surface area contributed by atoms with Crippen LogP contribution in [-0.4, -0.2) is 21.3 Å². The summed E-state index contributed by atoms with van der Waals surface area (Å²) < 4.78 is 4.75. The predicted molar refractivity (Wildman–Crippen MR) is 67.6 cm³/mol. The van der Waals surface area contributed by atoms with Gasteiger partial charge in [-0.25, -0.2) is 0 Å². The second-order valence-electron chi connectivity index (χ2n) is 3.79. The van der Waals surface area contributed by atoms with E-state index in [-0.39, 0.29) is 11.7 Å². The third-order valence-corrected chi connectivity index (χ3v) is 3.24. The Kier molecular flexibility index (Phi) is 4.40. The molecule has 0 saturated heterocycles. The van der Waals surface area contributed by atoms with Gasteiger partial charge < -0.3 is 4.52 Å². The van der Waals surface area contributed by atoms with Gasteiger partial charge in [-0.05, 0) is 6.42 Å². The summed E-state index contributed by atoms with van der Waals surface area (Å²) in [6.45, 7) is 2.16. The SMILES string of the molecule is CCCCCc1nnc(NC(=O)c2ccno2)s1. The number of carbonyl (C=O) groups is 1. The van der Waals surface area contributed by atoms with Crippen molar-refractivity contribution in [3.63, 3.8) is 0 Å². The molecule has 0 aliphatic carbocycles. The Morgan fingerprint density at radius 2 is 2.33 bits per heavy atom. The first-order valence-electron chi connectivity index (χ1n) is 5.84. The van der Waals surface area contributed by atoms with Crippen molar-refractivity contribution in [1.29, 1.82) is 0 Å². The monoisotopic (exact) mass is 266 g/mol. The van der Waals surface area contributed by atoms with Crippen LogP contribution in [0.4, 0.5) is 5.13 Å². The third kappa shape index (κ3) is 3.36. The average Bonchev–Trinajstić information content (AvgIpc) is 3.00. The second-order valence-corrected chi connectivity index (χ2v) is 4.85. The highest BCUT2D eigenvalue weighted by Gasteiger charge is 2.12. The maximum atomic E-state index is 11.6. The topological polar surface area (TPSA) is 80.9 Å². The van der Waals surface area contributed by atoms with Crippen LogP contribution >= 0.6 is 11.3 Å². The number of aryl methyl sites for hydroxylation is 1. The molecule has 0 unspecified atom stereocenters. The molecule has 1 N–H and O–H groups in total. The molecule has 0 saturated carbocycles. The zero-order valence-corrected chi connectivity index (χ0v) is 10.9. The number of unbranched alkanes of at least 4 members (excludes halogenated alkanes) is 2. The molecular formula is C11H14N4O2S. The highest BCUT2D eigenvalue weighted by Crippen LogP contribution is 2.18. The summed E-state index contributed by atoms with van der Waals surface area (Å²) in [5, 5.41) is 15.5. The lowest BCUT2D eigenvalue weighted by atomic mass is 10.2. The molecule has 1 amide bonds. The van der Waals surface area contributed by atoms with Crippen molar-refractivity contribution in [2.24, 2.45) is 0 Å². The first kappa shape index (κ1) is 12.7. The third-order valence-electron chi connectivity index (χ3n) is 2.34. The van der Waals surface area contributed by atoms with Crippen molar-refractivity contribution in [3.8, 4) is 0 Å². The molecular weight excluding hydrogens is 252 g/mol. The molecule has 0 aromatic carbocycles. The lowest BCUT2D eigenvalue weighted by Crippen LogP contribution is -2.10. The molecule has 0 radical (unpaired) electrons. The number of hydrogen-bond acceptors (Lipinski definition) is 6. The van der Waals surface area contributed by atoms with Gasteiger partial charge in [0.1, 0.15) is 5.01 Å². The van der Waals surface area contributed by atoms with Crippen LogP contribution in [0.25, 0.3) is 0 Å². The Morgan fingerprint density at radius 3 is 3.06 bits per heavy atom. The minimum Gasteiger partial charge on any atom is -0.351 e. The number of amides is 1. The van der Waals surface area contributed by atoms with E-state index in [1.54, 1.807) is 0 Å². The predicted octanol–water partition coefficient (Wildman–Crippen LogP) is 2.51. The van der Waals surface area contributed by atoms with Gasteiger partial charge in [0.2, 0.25) is 10.9 Å². The molecule has 2 aromatic heterocycles. The van der Waals surface area contributed by atoms with Crippen LogP contribution in [0.1, 0.15) is 41.7 Å². The summed E-state index contributed by atoms with van der Waals surface area (Å²) in [5.74, 6) is -0.193. The quantitative estimate of drug-likeness (QED) is 0.812. The summed E-state index contributed by atoms with van der Waals surface area (Å²) in [7, 11) is 0. The van der Waals surface area contributed by atoms with Gasteiger partial charge in [-0.3, -0.25) is 10.1 Å². The molecule has 2 heterocycles. The van der Waals surface area contributed by atoms with Crippen LogP contribution in [0.3, 0.4) is 0 Å². The van der Waals surface area contributed by atoms with Crippen molar-refractivity contribution in [3.05, 3.63) is 23.0 Å². The Morgan fingerprint density at radius 1 is 1.44 bits per heavy atom. The number of nitrogens with zero attached hydrogens (tertiary/aromatic N) is 3. The molecule has 18 heavy (non-hydrogen) atoms. The minimum atomic E-state index is -0.358. The lowest BCUT2D eigenvalue weighted by molar-refractivity contribution is 0.0988. The van der Waals surface area contributed by atoms with E-state index in [0.29, 0.717) is 5.13 Å². The van der Waals surface area contributed by atoms with Gasteiger partial charge in [0.15, 0.2) is 0 Å². The van der Waals surface area contributed by atoms with E-state index >= 15 is 0 Å². The van der Waals surface area contributed by atoms with Crippen LogP contribution in [-0.2, 0) is 6.42 Å². The van der Waals surface area contributed by atoms with E-state index in [9.17, 15) is 4.79 Å². The number of rotatable bonds is 6. The first-order valence-corrected chi connectivity index (χ1v) is 6.65. The summed E-state index contributed by atoms with van der Waals surface area (Å²) in [5.41, 5.74) is 0. The van der Waals surface area contributed by atoms with E-state index in [1.165, 1.54) is 36.4 Å². The van der Waals surface area contributed by atoms with Crippen molar-refractivity contribution in [1.82, 2.24) is 15.4 Å². The van der Waals surface area contributed by atoms with Crippen molar-refractivity contribution >= 4 is 22.4 Å².